The Morgan fingerprint density at radius 2 is 1.84 bits per heavy atom. The molecule has 3 rings (SSSR count). The zero-order chi connectivity index (χ0) is 31.2. The first kappa shape index (κ1) is 33.7. The number of anilines is 2. The van der Waals surface area contributed by atoms with Gasteiger partial charge in [0.05, 0.1) is 39.6 Å². The van der Waals surface area contributed by atoms with E-state index in [1.165, 1.54) is 5.56 Å². The van der Waals surface area contributed by atoms with Crippen molar-refractivity contribution in [2.75, 3.05) is 64.1 Å². The van der Waals surface area contributed by atoms with Gasteiger partial charge in [-0.15, -0.1) is 0 Å². The van der Waals surface area contributed by atoms with Crippen LogP contribution in [0.4, 0.5) is 11.6 Å². The second kappa shape index (κ2) is 17.3. The minimum atomic E-state index is -0.748. The summed E-state index contributed by atoms with van der Waals surface area (Å²) in [5.74, 6) is -0.990. The van der Waals surface area contributed by atoms with Crippen LogP contribution in [0.2, 0.25) is 5.15 Å². The first-order chi connectivity index (χ1) is 20.7. The van der Waals surface area contributed by atoms with Crippen molar-refractivity contribution in [1.82, 2.24) is 25.2 Å². The van der Waals surface area contributed by atoms with Crippen molar-refractivity contribution in [1.29, 1.82) is 0 Å². The number of nitrogens with zero attached hydrogens (tertiary/aromatic N) is 6. The topological polar surface area (TPSA) is 203 Å². The number of carbonyl (C=O) groups excluding carboxylic acids is 1. The number of allylic oxidation sites excluding steroid dienone is 1. The summed E-state index contributed by atoms with van der Waals surface area (Å²) in [6, 6.07) is 8.54. The molecule has 0 radical (unpaired) electrons. The number of ether oxygens (including phenoxy) is 2. The monoisotopic (exact) mass is 616 g/mol. The number of halogens is 1. The fourth-order valence-electron chi connectivity index (χ4n) is 4.39. The van der Waals surface area contributed by atoms with Gasteiger partial charge >= 0.3 is 5.91 Å². The van der Waals surface area contributed by atoms with E-state index in [0.29, 0.717) is 33.0 Å². The first-order valence-electron chi connectivity index (χ1n) is 13.9. The Labute approximate surface area is 256 Å². The molecule has 1 aliphatic heterocycles. The predicted molar refractivity (Wildman–Crippen MR) is 168 cm³/mol. The maximum atomic E-state index is 12.4. The molecular weight excluding hydrogens is 576 g/mol. The fraction of sp³-hybridized carbons (Fsp3) is 0.464. The number of aliphatic imine (C=N–C) groups is 1. The molecule has 2 aromatic rings. The summed E-state index contributed by atoms with van der Waals surface area (Å²) < 4.78 is 10.7. The first-order valence-corrected chi connectivity index (χ1v) is 14.3. The van der Waals surface area contributed by atoms with Gasteiger partial charge in [-0.1, -0.05) is 35.9 Å². The van der Waals surface area contributed by atoms with Gasteiger partial charge in [0.2, 0.25) is 0 Å². The number of piperidine rings is 1. The SMILES string of the molecule is C=NN(/C=C(\C)c1ccc(CN2CCC(N/C(N)=N/C(=O)c3nc(Cl)c(N)nc3N)CC2)cc1)CCOCCOCCO. The van der Waals surface area contributed by atoms with Crippen molar-refractivity contribution in [2.45, 2.75) is 32.4 Å². The highest BCUT2D eigenvalue weighted by Crippen LogP contribution is 2.20. The third kappa shape index (κ3) is 11.1. The van der Waals surface area contributed by atoms with Crippen LogP contribution in [-0.4, -0.2) is 102 Å². The van der Waals surface area contributed by atoms with Crippen molar-refractivity contribution in [3.63, 3.8) is 0 Å². The molecule has 1 aromatic carbocycles. The number of nitrogens with one attached hydrogen (secondary N) is 1. The molecule has 0 atom stereocenters. The normalized spacial score (nSPS) is 15.0. The van der Waals surface area contributed by atoms with Crippen LogP contribution in [-0.2, 0) is 16.0 Å². The number of hydrazone groups is 1. The van der Waals surface area contributed by atoms with Crippen LogP contribution in [0.1, 0.15) is 41.4 Å². The van der Waals surface area contributed by atoms with Gasteiger partial charge in [0.25, 0.3) is 0 Å². The number of aliphatic hydroxyl groups is 1. The van der Waals surface area contributed by atoms with Gasteiger partial charge < -0.3 is 37.1 Å². The highest BCUT2D eigenvalue weighted by atomic mass is 35.5. The molecule has 1 fully saturated rings. The zero-order valence-corrected chi connectivity index (χ0v) is 25.2. The lowest BCUT2D eigenvalue weighted by Crippen LogP contribution is -2.47. The number of hydrogen-bond acceptors (Lipinski definition) is 11. The lowest BCUT2D eigenvalue weighted by Gasteiger charge is -2.32. The molecule has 2 heterocycles. The van der Waals surface area contributed by atoms with E-state index < -0.39 is 5.91 Å². The van der Waals surface area contributed by atoms with Crippen LogP contribution < -0.4 is 22.5 Å². The molecule has 0 unspecified atom stereocenters. The molecule has 0 aliphatic carbocycles. The highest BCUT2D eigenvalue weighted by molar-refractivity contribution is 6.31. The Morgan fingerprint density at radius 3 is 2.49 bits per heavy atom. The summed E-state index contributed by atoms with van der Waals surface area (Å²) in [4.78, 5) is 26.3. The number of amides is 1. The van der Waals surface area contributed by atoms with E-state index in [0.717, 1.165) is 43.6 Å². The number of guanidine groups is 1. The molecule has 1 aliphatic rings. The molecule has 15 heteroatoms. The van der Waals surface area contributed by atoms with E-state index >= 15 is 0 Å². The van der Waals surface area contributed by atoms with Gasteiger partial charge in [0, 0.05) is 38.6 Å². The van der Waals surface area contributed by atoms with Crippen molar-refractivity contribution < 1.29 is 19.4 Å². The van der Waals surface area contributed by atoms with Crippen molar-refractivity contribution in [2.24, 2.45) is 15.8 Å². The van der Waals surface area contributed by atoms with Crippen molar-refractivity contribution in [3.05, 3.63) is 52.4 Å². The van der Waals surface area contributed by atoms with Crippen LogP contribution in [0.5, 0.6) is 0 Å². The standard InChI is InChI=1S/C28H41ClN10O4/c1-19(17-39(33-2)11-13-42-15-16-43-14-12-40)21-5-3-20(4-6-21)18-38-9-7-22(8-10-38)34-28(32)37-27(41)23-25(30)36-26(31)24(29)35-23/h3-6,17,22,40H,2,7-16,18H2,1H3,(H4,30,31,36)(H3,32,34,37,41)/b19-17+. The zero-order valence-electron chi connectivity index (χ0n) is 24.4. The molecule has 43 heavy (non-hydrogen) atoms. The number of rotatable bonds is 15. The predicted octanol–water partition coefficient (Wildman–Crippen LogP) is 1.31. The number of aliphatic hydroxyl groups excluding tert-OH is 1. The lowest BCUT2D eigenvalue weighted by molar-refractivity contribution is 0.0295. The summed E-state index contributed by atoms with van der Waals surface area (Å²) in [6.45, 7) is 10.5. The van der Waals surface area contributed by atoms with Gasteiger partial charge in [-0.3, -0.25) is 14.7 Å². The molecule has 14 nitrogen and oxygen atoms in total. The molecule has 234 valence electrons. The molecule has 1 amide bonds. The molecule has 1 aromatic heterocycles. The van der Waals surface area contributed by atoms with Crippen LogP contribution in [0, 0.1) is 0 Å². The average Bonchev–Trinajstić information content (AvgIpc) is 2.99. The van der Waals surface area contributed by atoms with Gasteiger partial charge in [-0.05, 0) is 36.5 Å². The van der Waals surface area contributed by atoms with E-state index in [4.69, 9.17) is 43.4 Å². The van der Waals surface area contributed by atoms with Crippen LogP contribution >= 0.6 is 11.6 Å². The van der Waals surface area contributed by atoms with Crippen LogP contribution in [0.3, 0.4) is 0 Å². The molecule has 0 saturated carbocycles. The fourth-order valence-corrected chi connectivity index (χ4v) is 4.51. The summed E-state index contributed by atoms with van der Waals surface area (Å²) in [7, 11) is 0. The largest absolute Gasteiger partial charge is 0.394 e. The molecule has 0 spiro atoms. The number of likely N-dealkylation sites (tertiary alicyclic amines) is 1. The third-order valence-electron chi connectivity index (χ3n) is 6.68. The number of aromatic nitrogens is 2. The summed E-state index contributed by atoms with van der Waals surface area (Å²) in [6.07, 6.45) is 3.62. The highest BCUT2D eigenvalue weighted by Gasteiger charge is 2.21. The van der Waals surface area contributed by atoms with E-state index in [1.807, 2.05) is 13.1 Å². The van der Waals surface area contributed by atoms with E-state index in [2.05, 4.69) is 61.3 Å². The number of benzene rings is 1. The average molecular weight is 617 g/mol. The van der Waals surface area contributed by atoms with Crippen molar-refractivity contribution in [3.8, 4) is 0 Å². The minimum absolute atomic E-state index is 0.00535. The summed E-state index contributed by atoms with van der Waals surface area (Å²) in [5.41, 5.74) is 20.4. The maximum Gasteiger partial charge on any atom is 0.302 e. The van der Waals surface area contributed by atoms with Gasteiger partial charge in [-0.2, -0.15) is 10.1 Å². The Morgan fingerprint density at radius 1 is 1.16 bits per heavy atom. The molecule has 0 bridgehead atoms. The molecular formula is C28H41ClN10O4. The smallest absolute Gasteiger partial charge is 0.302 e. The summed E-state index contributed by atoms with van der Waals surface area (Å²) in [5, 5.41) is 17.5. The number of hydrogen-bond donors (Lipinski definition) is 5. The van der Waals surface area contributed by atoms with Crippen molar-refractivity contribution >= 4 is 47.4 Å². The Balaban J connectivity index is 1.42. The Kier molecular flexibility index (Phi) is 13.6. The quantitative estimate of drug-likeness (QED) is 0.0832. The minimum Gasteiger partial charge on any atom is -0.394 e. The second-order valence-corrected chi connectivity index (χ2v) is 10.3. The van der Waals surface area contributed by atoms with Crippen LogP contribution in [0.15, 0.2) is 40.6 Å². The van der Waals surface area contributed by atoms with E-state index in [1.54, 1.807) is 5.01 Å². The van der Waals surface area contributed by atoms with Gasteiger partial charge in [0.15, 0.2) is 28.4 Å². The van der Waals surface area contributed by atoms with Gasteiger partial charge in [-0.25, -0.2) is 9.97 Å². The Hall–Kier alpha value is -3.82. The number of carbonyl (C=O) groups is 1. The summed E-state index contributed by atoms with van der Waals surface area (Å²) >= 11 is 5.84. The second-order valence-electron chi connectivity index (χ2n) is 9.89. The third-order valence-corrected chi connectivity index (χ3v) is 6.96. The molecule has 1 saturated heterocycles. The van der Waals surface area contributed by atoms with E-state index in [-0.39, 0.29) is 41.1 Å². The van der Waals surface area contributed by atoms with Gasteiger partial charge in [0.1, 0.15) is 0 Å². The lowest BCUT2D eigenvalue weighted by atomic mass is 10.0. The molecule has 8 N–H and O–H groups in total. The van der Waals surface area contributed by atoms with E-state index in [9.17, 15) is 4.79 Å². The number of nitrogen functional groups attached to an aromatic ring is 2. The van der Waals surface area contributed by atoms with Crippen LogP contribution in [0.25, 0.3) is 5.57 Å². The Bertz CT molecular complexity index is 1270. The maximum absolute atomic E-state index is 12.4. The number of nitrogens with two attached hydrogens (primary N) is 3.